The highest BCUT2D eigenvalue weighted by molar-refractivity contribution is 7.13. The number of benzene rings is 1. The van der Waals surface area contributed by atoms with Gasteiger partial charge in [-0.15, -0.1) is 11.3 Å². The van der Waals surface area contributed by atoms with E-state index in [-0.39, 0.29) is 6.03 Å². The number of aryl methyl sites for hydroxylation is 1. The van der Waals surface area contributed by atoms with E-state index >= 15 is 0 Å². The fraction of sp³-hybridized carbons (Fsp3) is 0.316. The van der Waals surface area contributed by atoms with Crippen LogP contribution in [0.1, 0.15) is 23.6 Å². The molecule has 1 unspecified atom stereocenters. The molecule has 0 aliphatic carbocycles. The SMILES string of the molecule is Cn1cc(C2CCN(C(=O)NCc3csc(-c4ccccc4)n3)C2)cn1. The second-order valence-corrected chi connectivity index (χ2v) is 7.41. The first kappa shape index (κ1) is 16.8. The van der Waals surface area contributed by atoms with E-state index in [9.17, 15) is 4.79 Å². The summed E-state index contributed by atoms with van der Waals surface area (Å²) in [5, 5.41) is 10.2. The Morgan fingerprint density at radius 3 is 2.96 bits per heavy atom. The van der Waals surface area contributed by atoms with Gasteiger partial charge in [0.1, 0.15) is 5.01 Å². The number of rotatable bonds is 4. The minimum absolute atomic E-state index is 0.0225. The second kappa shape index (κ2) is 7.29. The third kappa shape index (κ3) is 3.62. The lowest BCUT2D eigenvalue weighted by atomic mass is 10.0. The highest BCUT2D eigenvalue weighted by Crippen LogP contribution is 2.27. The maximum atomic E-state index is 12.4. The highest BCUT2D eigenvalue weighted by Gasteiger charge is 2.28. The van der Waals surface area contributed by atoms with E-state index in [1.807, 2.05) is 64.7 Å². The Hall–Kier alpha value is -2.67. The van der Waals surface area contributed by atoms with Crippen molar-refractivity contribution in [3.8, 4) is 10.6 Å². The average molecular weight is 367 g/mol. The molecule has 0 spiro atoms. The van der Waals surface area contributed by atoms with Gasteiger partial charge in [0.05, 0.1) is 18.4 Å². The monoisotopic (exact) mass is 367 g/mol. The van der Waals surface area contributed by atoms with E-state index < -0.39 is 0 Å². The molecule has 2 aromatic heterocycles. The number of hydrogen-bond donors (Lipinski definition) is 1. The number of carbonyl (C=O) groups excluding carboxylic acids is 1. The number of nitrogens with one attached hydrogen (secondary N) is 1. The Kier molecular flexibility index (Phi) is 4.71. The van der Waals surface area contributed by atoms with Gasteiger partial charge in [0.2, 0.25) is 0 Å². The molecular formula is C19H21N5OS. The molecule has 4 rings (SSSR count). The smallest absolute Gasteiger partial charge is 0.317 e. The standard InChI is InChI=1S/C19H21N5OS/c1-23-11-16(9-21-23)15-7-8-24(12-15)19(25)20-10-17-13-26-18(22-17)14-5-3-2-4-6-14/h2-6,9,11,13,15H,7-8,10,12H2,1H3,(H,20,25). The van der Waals surface area contributed by atoms with Gasteiger partial charge in [-0.05, 0) is 12.0 Å². The van der Waals surface area contributed by atoms with Gasteiger partial charge in [-0.2, -0.15) is 5.10 Å². The first-order chi connectivity index (χ1) is 12.7. The number of amides is 2. The number of carbonyl (C=O) groups is 1. The van der Waals surface area contributed by atoms with Crippen LogP contribution in [0.2, 0.25) is 0 Å². The van der Waals surface area contributed by atoms with Crippen LogP contribution in [-0.4, -0.2) is 38.8 Å². The van der Waals surface area contributed by atoms with Crippen molar-refractivity contribution in [3.05, 3.63) is 59.4 Å². The van der Waals surface area contributed by atoms with Crippen molar-refractivity contribution in [2.75, 3.05) is 13.1 Å². The largest absolute Gasteiger partial charge is 0.332 e. The number of likely N-dealkylation sites (tertiary alicyclic amines) is 1. The molecule has 6 nitrogen and oxygen atoms in total. The molecule has 2 amide bonds. The first-order valence-electron chi connectivity index (χ1n) is 8.70. The molecule has 1 aliphatic heterocycles. The van der Waals surface area contributed by atoms with E-state index in [1.165, 1.54) is 5.56 Å². The summed E-state index contributed by atoms with van der Waals surface area (Å²) < 4.78 is 1.81. The van der Waals surface area contributed by atoms with Crippen molar-refractivity contribution in [3.63, 3.8) is 0 Å². The van der Waals surface area contributed by atoms with Gasteiger partial charge in [-0.25, -0.2) is 9.78 Å². The first-order valence-corrected chi connectivity index (χ1v) is 9.58. The zero-order valence-electron chi connectivity index (χ0n) is 14.6. The number of hydrogen-bond acceptors (Lipinski definition) is 4. The van der Waals surface area contributed by atoms with Crippen LogP contribution >= 0.6 is 11.3 Å². The summed E-state index contributed by atoms with van der Waals surface area (Å²) in [7, 11) is 1.92. The molecule has 1 fully saturated rings. The molecule has 0 saturated carbocycles. The van der Waals surface area contributed by atoms with E-state index in [1.54, 1.807) is 11.3 Å². The van der Waals surface area contributed by atoms with Crippen LogP contribution in [-0.2, 0) is 13.6 Å². The van der Waals surface area contributed by atoms with Gasteiger partial charge >= 0.3 is 6.03 Å². The Morgan fingerprint density at radius 1 is 1.35 bits per heavy atom. The van der Waals surface area contributed by atoms with E-state index in [0.29, 0.717) is 12.5 Å². The van der Waals surface area contributed by atoms with Gasteiger partial charge in [0.25, 0.3) is 0 Å². The number of urea groups is 1. The third-order valence-electron chi connectivity index (χ3n) is 4.66. The zero-order chi connectivity index (χ0) is 17.9. The van der Waals surface area contributed by atoms with Crippen molar-refractivity contribution in [1.82, 2.24) is 25.0 Å². The van der Waals surface area contributed by atoms with Gasteiger partial charge in [-0.3, -0.25) is 4.68 Å². The van der Waals surface area contributed by atoms with E-state index in [4.69, 9.17) is 0 Å². The van der Waals surface area contributed by atoms with Crippen molar-refractivity contribution in [2.45, 2.75) is 18.9 Å². The van der Waals surface area contributed by atoms with E-state index in [2.05, 4.69) is 15.4 Å². The van der Waals surface area contributed by atoms with Gasteiger partial charge in [0.15, 0.2) is 0 Å². The maximum Gasteiger partial charge on any atom is 0.317 e. The minimum Gasteiger partial charge on any atom is -0.332 e. The fourth-order valence-electron chi connectivity index (χ4n) is 3.25. The molecule has 134 valence electrons. The fourth-order valence-corrected chi connectivity index (χ4v) is 4.07. The van der Waals surface area contributed by atoms with Crippen molar-refractivity contribution < 1.29 is 4.79 Å². The predicted octanol–water partition coefficient (Wildman–Crippen LogP) is 3.24. The molecule has 1 aromatic carbocycles. The van der Waals surface area contributed by atoms with Gasteiger partial charge in [0, 0.05) is 43.2 Å². The van der Waals surface area contributed by atoms with Crippen LogP contribution in [0.15, 0.2) is 48.1 Å². The van der Waals surface area contributed by atoms with Gasteiger partial charge in [-0.1, -0.05) is 30.3 Å². The molecule has 0 radical (unpaired) electrons. The maximum absolute atomic E-state index is 12.4. The normalized spacial score (nSPS) is 16.8. The molecular weight excluding hydrogens is 346 g/mol. The Bertz CT molecular complexity index is 888. The van der Waals surface area contributed by atoms with Crippen LogP contribution < -0.4 is 5.32 Å². The summed E-state index contributed by atoms with van der Waals surface area (Å²) in [6.45, 7) is 1.97. The third-order valence-corrected chi connectivity index (χ3v) is 5.61. The molecule has 26 heavy (non-hydrogen) atoms. The summed E-state index contributed by atoms with van der Waals surface area (Å²) in [5.41, 5.74) is 3.20. The van der Waals surface area contributed by atoms with Crippen LogP contribution in [0.25, 0.3) is 10.6 Å². The quantitative estimate of drug-likeness (QED) is 0.770. The van der Waals surface area contributed by atoms with Gasteiger partial charge < -0.3 is 10.2 Å². The number of thiazole rings is 1. The minimum atomic E-state index is -0.0225. The summed E-state index contributed by atoms with van der Waals surface area (Å²) in [4.78, 5) is 18.9. The lowest BCUT2D eigenvalue weighted by molar-refractivity contribution is 0.207. The molecule has 7 heteroatoms. The molecule has 0 bridgehead atoms. The van der Waals surface area contributed by atoms with Crippen LogP contribution in [0, 0.1) is 0 Å². The summed E-state index contributed by atoms with van der Waals surface area (Å²) in [5.74, 6) is 0.374. The van der Waals surface area contributed by atoms with Crippen molar-refractivity contribution in [1.29, 1.82) is 0 Å². The van der Waals surface area contributed by atoms with Crippen molar-refractivity contribution in [2.24, 2.45) is 7.05 Å². The van der Waals surface area contributed by atoms with Crippen molar-refractivity contribution >= 4 is 17.4 Å². The zero-order valence-corrected chi connectivity index (χ0v) is 15.4. The van der Waals surface area contributed by atoms with Crippen LogP contribution in [0.5, 0.6) is 0 Å². The van der Waals surface area contributed by atoms with E-state index in [0.717, 1.165) is 35.8 Å². The summed E-state index contributed by atoms with van der Waals surface area (Å²) >= 11 is 1.60. The Balaban J connectivity index is 1.31. The highest BCUT2D eigenvalue weighted by atomic mass is 32.1. The molecule has 3 aromatic rings. The molecule has 1 saturated heterocycles. The Labute approximate surface area is 156 Å². The predicted molar refractivity (Wildman–Crippen MR) is 102 cm³/mol. The number of aromatic nitrogens is 3. The number of nitrogens with zero attached hydrogens (tertiary/aromatic N) is 4. The average Bonchev–Trinajstić information content (AvgIpc) is 3.40. The van der Waals surface area contributed by atoms with Crippen LogP contribution in [0.4, 0.5) is 4.79 Å². The Morgan fingerprint density at radius 2 is 2.19 bits per heavy atom. The molecule has 1 atom stereocenters. The lowest BCUT2D eigenvalue weighted by Crippen LogP contribution is -2.38. The topological polar surface area (TPSA) is 63.1 Å². The summed E-state index contributed by atoms with van der Waals surface area (Å²) in [6, 6.07) is 10.1. The van der Waals surface area contributed by atoms with Crippen LogP contribution in [0.3, 0.4) is 0 Å². The molecule has 1 aliphatic rings. The molecule has 3 heterocycles. The lowest BCUT2D eigenvalue weighted by Gasteiger charge is -2.16. The second-order valence-electron chi connectivity index (χ2n) is 6.55. The summed E-state index contributed by atoms with van der Waals surface area (Å²) in [6.07, 6.45) is 4.91. The molecule has 1 N–H and O–H groups in total.